The summed E-state index contributed by atoms with van der Waals surface area (Å²) in [7, 11) is 1.77. The van der Waals surface area contributed by atoms with Crippen LogP contribution in [0.15, 0.2) is 24.3 Å². The van der Waals surface area contributed by atoms with E-state index in [2.05, 4.69) is 11.4 Å². The molecule has 1 fully saturated rings. The van der Waals surface area contributed by atoms with Crippen LogP contribution in [0.3, 0.4) is 0 Å². The normalized spacial score (nSPS) is 24.0. The molecule has 84 valence electrons. The third-order valence-electron chi connectivity index (χ3n) is 3.12. The van der Waals surface area contributed by atoms with Crippen LogP contribution in [0.5, 0.6) is 0 Å². The highest BCUT2D eigenvalue weighted by molar-refractivity contribution is 5.48. The third-order valence-corrected chi connectivity index (χ3v) is 3.12. The molecule has 1 saturated carbocycles. The van der Waals surface area contributed by atoms with Gasteiger partial charge in [-0.2, -0.15) is 5.26 Å². The van der Waals surface area contributed by atoms with Crippen molar-refractivity contribution in [3.05, 3.63) is 29.8 Å². The number of methoxy groups -OCH3 is 1. The van der Waals surface area contributed by atoms with Crippen LogP contribution in [0.25, 0.3) is 0 Å². The first-order valence-electron chi connectivity index (χ1n) is 5.63. The standard InChI is InChI=1S/C13H16N2O/c1-16-13-4-2-3-12(13)15-11-7-5-10(9-14)6-8-11/h5-8,12-13,15H,2-4H2,1H3. The lowest BCUT2D eigenvalue weighted by atomic mass is 10.1. The number of nitrogens with one attached hydrogen (secondary N) is 1. The zero-order valence-electron chi connectivity index (χ0n) is 9.44. The number of hydrogen-bond donors (Lipinski definition) is 1. The molecule has 1 aromatic carbocycles. The molecule has 3 heteroatoms. The Hall–Kier alpha value is -1.53. The number of benzene rings is 1. The first-order valence-corrected chi connectivity index (χ1v) is 5.63. The Labute approximate surface area is 96.0 Å². The van der Waals surface area contributed by atoms with Gasteiger partial charge in [-0.15, -0.1) is 0 Å². The Morgan fingerprint density at radius 2 is 2.06 bits per heavy atom. The third kappa shape index (κ3) is 2.34. The molecule has 0 aromatic heterocycles. The molecule has 0 heterocycles. The highest BCUT2D eigenvalue weighted by Gasteiger charge is 2.26. The molecule has 0 aliphatic heterocycles. The van der Waals surface area contributed by atoms with Gasteiger partial charge in [-0.25, -0.2) is 0 Å². The molecule has 3 nitrogen and oxygen atoms in total. The summed E-state index contributed by atoms with van der Waals surface area (Å²) in [5.74, 6) is 0. The van der Waals surface area contributed by atoms with Crippen LogP contribution in [0.1, 0.15) is 24.8 Å². The lowest BCUT2D eigenvalue weighted by Crippen LogP contribution is -2.29. The van der Waals surface area contributed by atoms with Gasteiger partial charge in [0.25, 0.3) is 0 Å². The predicted octanol–water partition coefficient (Wildman–Crippen LogP) is 2.54. The molecule has 2 rings (SSSR count). The van der Waals surface area contributed by atoms with Gasteiger partial charge >= 0.3 is 0 Å². The van der Waals surface area contributed by atoms with E-state index in [-0.39, 0.29) is 0 Å². The Kier molecular flexibility index (Phi) is 3.43. The highest BCUT2D eigenvalue weighted by atomic mass is 16.5. The monoisotopic (exact) mass is 216 g/mol. The Balaban J connectivity index is 2.00. The van der Waals surface area contributed by atoms with Crippen LogP contribution in [0.2, 0.25) is 0 Å². The van der Waals surface area contributed by atoms with Crippen molar-refractivity contribution in [1.82, 2.24) is 0 Å². The number of ether oxygens (including phenoxy) is 1. The number of nitrogens with zero attached hydrogens (tertiary/aromatic N) is 1. The van der Waals surface area contributed by atoms with Crippen molar-refractivity contribution in [3.63, 3.8) is 0 Å². The fraction of sp³-hybridized carbons (Fsp3) is 0.462. The minimum absolute atomic E-state index is 0.315. The van der Waals surface area contributed by atoms with Gasteiger partial charge in [-0.05, 0) is 43.5 Å². The Bertz CT molecular complexity index is 380. The molecule has 1 aliphatic rings. The second kappa shape index (κ2) is 5.00. The maximum absolute atomic E-state index is 8.70. The fourth-order valence-electron chi connectivity index (χ4n) is 2.23. The van der Waals surface area contributed by atoms with E-state index in [1.165, 1.54) is 6.42 Å². The summed E-state index contributed by atoms with van der Waals surface area (Å²) < 4.78 is 5.43. The van der Waals surface area contributed by atoms with Crippen molar-refractivity contribution in [3.8, 4) is 6.07 Å². The molecule has 0 saturated heterocycles. The summed E-state index contributed by atoms with van der Waals surface area (Å²) in [5.41, 5.74) is 1.76. The maximum Gasteiger partial charge on any atom is 0.0991 e. The van der Waals surface area contributed by atoms with Crippen molar-refractivity contribution in [1.29, 1.82) is 5.26 Å². The zero-order chi connectivity index (χ0) is 11.4. The largest absolute Gasteiger partial charge is 0.380 e. The summed E-state index contributed by atoms with van der Waals surface area (Å²) in [5, 5.41) is 12.2. The molecule has 1 aliphatic carbocycles. The van der Waals surface area contributed by atoms with Crippen LogP contribution >= 0.6 is 0 Å². The minimum Gasteiger partial charge on any atom is -0.380 e. The summed E-state index contributed by atoms with van der Waals surface area (Å²) in [6.45, 7) is 0. The van der Waals surface area contributed by atoms with E-state index in [0.717, 1.165) is 18.5 Å². The van der Waals surface area contributed by atoms with E-state index in [4.69, 9.17) is 10.00 Å². The lowest BCUT2D eigenvalue weighted by Gasteiger charge is -2.20. The van der Waals surface area contributed by atoms with Gasteiger partial charge in [0.1, 0.15) is 0 Å². The van der Waals surface area contributed by atoms with Crippen molar-refractivity contribution in [2.45, 2.75) is 31.4 Å². The molecular weight excluding hydrogens is 200 g/mol. The molecule has 16 heavy (non-hydrogen) atoms. The fourth-order valence-corrected chi connectivity index (χ4v) is 2.23. The second-order valence-electron chi connectivity index (χ2n) is 4.15. The predicted molar refractivity (Wildman–Crippen MR) is 63.2 cm³/mol. The van der Waals surface area contributed by atoms with E-state index in [1.807, 2.05) is 24.3 Å². The second-order valence-corrected chi connectivity index (χ2v) is 4.15. The first-order chi connectivity index (χ1) is 7.83. The van der Waals surface area contributed by atoms with Crippen molar-refractivity contribution in [2.24, 2.45) is 0 Å². The molecule has 0 spiro atoms. The van der Waals surface area contributed by atoms with Gasteiger partial charge in [-0.1, -0.05) is 0 Å². The van der Waals surface area contributed by atoms with E-state index in [9.17, 15) is 0 Å². The lowest BCUT2D eigenvalue weighted by molar-refractivity contribution is 0.101. The molecule has 2 atom stereocenters. The van der Waals surface area contributed by atoms with Gasteiger partial charge in [0.2, 0.25) is 0 Å². The molecular formula is C13H16N2O. The van der Waals surface area contributed by atoms with Crippen LogP contribution in [-0.4, -0.2) is 19.3 Å². The van der Waals surface area contributed by atoms with E-state index in [0.29, 0.717) is 17.7 Å². The Morgan fingerprint density at radius 3 is 2.69 bits per heavy atom. The summed E-state index contributed by atoms with van der Waals surface area (Å²) in [6, 6.07) is 10.1. The molecule has 0 bridgehead atoms. The number of nitriles is 1. The number of rotatable bonds is 3. The van der Waals surface area contributed by atoms with Gasteiger partial charge in [0.15, 0.2) is 0 Å². The molecule has 2 unspecified atom stereocenters. The van der Waals surface area contributed by atoms with Crippen molar-refractivity contribution >= 4 is 5.69 Å². The van der Waals surface area contributed by atoms with E-state index < -0.39 is 0 Å². The highest BCUT2D eigenvalue weighted by Crippen LogP contribution is 2.25. The van der Waals surface area contributed by atoms with Gasteiger partial charge in [0, 0.05) is 12.8 Å². The number of hydrogen-bond acceptors (Lipinski definition) is 3. The SMILES string of the molecule is COC1CCCC1Nc1ccc(C#N)cc1. The summed E-state index contributed by atoms with van der Waals surface area (Å²) in [6.07, 6.45) is 3.81. The van der Waals surface area contributed by atoms with Crippen LogP contribution in [0, 0.1) is 11.3 Å². The smallest absolute Gasteiger partial charge is 0.0991 e. The van der Waals surface area contributed by atoms with Gasteiger partial charge < -0.3 is 10.1 Å². The van der Waals surface area contributed by atoms with Crippen LogP contribution in [-0.2, 0) is 4.74 Å². The minimum atomic E-state index is 0.315. The topological polar surface area (TPSA) is 45.0 Å². The van der Waals surface area contributed by atoms with E-state index in [1.54, 1.807) is 7.11 Å². The van der Waals surface area contributed by atoms with Crippen LogP contribution < -0.4 is 5.32 Å². The molecule has 1 N–H and O–H groups in total. The van der Waals surface area contributed by atoms with Crippen molar-refractivity contribution < 1.29 is 4.74 Å². The zero-order valence-corrected chi connectivity index (χ0v) is 9.44. The van der Waals surface area contributed by atoms with Crippen molar-refractivity contribution in [2.75, 3.05) is 12.4 Å². The molecule has 1 aromatic rings. The average Bonchev–Trinajstić information content (AvgIpc) is 2.77. The quantitative estimate of drug-likeness (QED) is 0.844. The Morgan fingerprint density at radius 1 is 1.31 bits per heavy atom. The summed E-state index contributed by atoms with van der Waals surface area (Å²) >= 11 is 0. The van der Waals surface area contributed by atoms with Gasteiger partial charge in [0.05, 0.1) is 23.8 Å². The van der Waals surface area contributed by atoms with Crippen LogP contribution in [0.4, 0.5) is 5.69 Å². The summed E-state index contributed by atoms with van der Waals surface area (Å²) in [4.78, 5) is 0. The molecule has 0 amide bonds. The molecule has 0 radical (unpaired) electrons. The maximum atomic E-state index is 8.70. The van der Waals surface area contributed by atoms with E-state index >= 15 is 0 Å². The average molecular weight is 216 g/mol. The first kappa shape index (κ1) is 11.0. The van der Waals surface area contributed by atoms with Gasteiger partial charge in [-0.3, -0.25) is 0 Å². The number of anilines is 1.